The molecule has 2 aromatic carbocycles. The number of hydrogen-bond acceptors (Lipinski definition) is 3. The number of nitrogen functional groups attached to an aromatic ring is 1. The molecule has 0 amide bonds. The lowest BCUT2D eigenvalue weighted by Crippen LogP contribution is -1.98. The Morgan fingerprint density at radius 3 is 2.63 bits per heavy atom. The van der Waals surface area contributed by atoms with Crippen LogP contribution in [-0.4, -0.2) is 6.61 Å². The van der Waals surface area contributed by atoms with Gasteiger partial charge in [-0.15, -0.1) is 0 Å². The van der Waals surface area contributed by atoms with E-state index in [2.05, 4.69) is 5.32 Å². The van der Waals surface area contributed by atoms with Crippen molar-refractivity contribution in [2.24, 2.45) is 0 Å². The molecule has 4 heteroatoms. The van der Waals surface area contributed by atoms with E-state index in [-0.39, 0.29) is 11.6 Å². The summed E-state index contributed by atoms with van der Waals surface area (Å²) in [5.41, 5.74) is 8.99. The number of rotatable bonds is 4. The quantitative estimate of drug-likeness (QED) is 0.821. The van der Waals surface area contributed by atoms with Gasteiger partial charge in [-0.2, -0.15) is 0 Å². The number of anilines is 3. The van der Waals surface area contributed by atoms with E-state index >= 15 is 0 Å². The summed E-state index contributed by atoms with van der Waals surface area (Å²) in [4.78, 5) is 0. The average molecular weight is 260 g/mol. The number of nitrogens with one attached hydrogen (secondary N) is 1. The van der Waals surface area contributed by atoms with E-state index in [1.807, 2.05) is 26.0 Å². The molecule has 0 saturated carbocycles. The Bertz CT molecular complexity index is 584. The van der Waals surface area contributed by atoms with E-state index in [0.717, 1.165) is 11.3 Å². The van der Waals surface area contributed by atoms with E-state index in [9.17, 15) is 4.39 Å². The third-order valence-corrected chi connectivity index (χ3v) is 2.76. The second kappa shape index (κ2) is 5.61. The minimum atomic E-state index is -0.375. The molecule has 2 rings (SSSR count). The fourth-order valence-electron chi connectivity index (χ4n) is 1.83. The molecular formula is C15H17FN2O. The summed E-state index contributed by atoms with van der Waals surface area (Å²) >= 11 is 0. The predicted octanol–water partition coefficient (Wildman–Crippen LogP) is 3.86. The van der Waals surface area contributed by atoms with E-state index in [1.54, 1.807) is 18.2 Å². The van der Waals surface area contributed by atoms with Crippen molar-refractivity contribution in [3.05, 3.63) is 47.8 Å². The van der Waals surface area contributed by atoms with Crippen LogP contribution in [0.25, 0.3) is 0 Å². The minimum Gasteiger partial charge on any atom is -0.491 e. The van der Waals surface area contributed by atoms with Gasteiger partial charge in [-0.3, -0.25) is 0 Å². The monoisotopic (exact) mass is 260 g/mol. The zero-order valence-electron chi connectivity index (χ0n) is 11.0. The molecule has 0 aromatic heterocycles. The van der Waals surface area contributed by atoms with Crippen molar-refractivity contribution in [1.29, 1.82) is 0 Å². The highest BCUT2D eigenvalue weighted by atomic mass is 19.1. The van der Waals surface area contributed by atoms with E-state index in [0.29, 0.717) is 18.0 Å². The normalized spacial score (nSPS) is 10.3. The summed E-state index contributed by atoms with van der Waals surface area (Å²) in [6, 6.07) is 10.4. The Kier molecular flexibility index (Phi) is 3.90. The Hall–Kier alpha value is -2.23. The van der Waals surface area contributed by atoms with Crippen molar-refractivity contribution < 1.29 is 9.13 Å². The van der Waals surface area contributed by atoms with Gasteiger partial charge in [0.15, 0.2) is 11.6 Å². The molecule has 0 aliphatic rings. The van der Waals surface area contributed by atoms with Crippen LogP contribution in [0.3, 0.4) is 0 Å². The van der Waals surface area contributed by atoms with Gasteiger partial charge in [-0.25, -0.2) is 4.39 Å². The predicted molar refractivity (Wildman–Crippen MR) is 76.4 cm³/mol. The van der Waals surface area contributed by atoms with Crippen molar-refractivity contribution in [2.75, 3.05) is 17.7 Å². The summed E-state index contributed by atoms with van der Waals surface area (Å²) in [5.74, 6) is -0.109. The Balaban J connectivity index is 2.21. The molecule has 100 valence electrons. The fourth-order valence-corrected chi connectivity index (χ4v) is 1.83. The summed E-state index contributed by atoms with van der Waals surface area (Å²) < 4.78 is 18.9. The molecule has 3 N–H and O–H groups in total. The van der Waals surface area contributed by atoms with Crippen molar-refractivity contribution in [2.45, 2.75) is 13.8 Å². The lowest BCUT2D eigenvalue weighted by molar-refractivity contribution is 0.321. The van der Waals surface area contributed by atoms with Gasteiger partial charge in [-0.05, 0) is 49.7 Å². The van der Waals surface area contributed by atoms with Crippen LogP contribution in [-0.2, 0) is 0 Å². The number of aryl methyl sites for hydroxylation is 1. The third kappa shape index (κ3) is 3.16. The molecule has 0 radical (unpaired) electrons. The number of benzene rings is 2. The number of ether oxygens (including phenoxy) is 1. The third-order valence-electron chi connectivity index (χ3n) is 2.76. The number of hydrogen-bond donors (Lipinski definition) is 2. The van der Waals surface area contributed by atoms with Crippen LogP contribution in [0.2, 0.25) is 0 Å². The first-order valence-corrected chi connectivity index (χ1v) is 6.15. The molecule has 0 spiro atoms. The number of halogens is 1. The van der Waals surface area contributed by atoms with Gasteiger partial charge < -0.3 is 15.8 Å². The SMILES string of the molecule is CCOc1ccc(Nc2ccc(N)cc2C)cc1F. The van der Waals surface area contributed by atoms with Crippen LogP contribution in [0.15, 0.2) is 36.4 Å². The summed E-state index contributed by atoms with van der Waals surface area (Å²) in [6.07, 6.45) is 0. The molecule has 0 saturated heterocycles. The lowest BCUT2D eigenvalue weighted by Gasteiger charge is -2.11. The molecule has 0 fully saturated rings. The van der Waals surface area contributed by atoms with Crippen LogP contribution >= 0.6 is 0 Å². The first-order chi connectivity index (χ1) is 9.10. The maximum Gasteiger partial charge on any atom is 0.167 e. The van der Waals surface area contributed by atoms with Crippen LogP contribution in [0.4, 0.5) is 21.5 Å². The Morgan fingerprint density at radius 1 is 1.21 bits per heavy atom. The molecular weight excluding hydrogens is 243 g/mol. The van der Waals surface area contributed by atoms with E-state index in [1.165, 1.54) is 6.07 Å². The maximum atomic E-state index is 13.7. The Morgan fingerprint density at radius 2 is 2.00 bits per heavy atom. The highest BCUT2D eigenvalue weighted by Gasteiger charge is 2.05. The molecule has 19 heavy (non-hydrogen) atoms. The topological polar surface area (TPSA) is 47.3 Å². The van der Waals surface area contributed by atoms with Gasteiger partial charge in [0.2, 0.25) is 0 Å². The van der Waals surface area contributed by atoms with Gasteiger partial charge in [-0.1, -0.05) is 0 Å². The van der Waals surface area contributed by atoms with Crippen LogP contribution in [0.1, 0.15) is 12.5 Å². The highest BCUT2D eigenvalue weighted by molar-refractivity contribution is 5.66. The molecule has 3 nitrogen and oxygen atoms in total. The smallest absolute Gasteiger partial charge is 0.167 e. The molecule has 0 unspecified atom stereocenters. The first-order valence-electron chi connectivity index (χ1n) is 6.15. The zero-order valence-corrected chi connectivity index (χ0v) is 11.0. The fraction of sp³-hybridized carbons (Fsp3) is 0.200. The Labute approximate surface area is 112 Å². The van der Waals surface area contributed by atoms with Gasteiger partial charge in [0.25, 0.3) is 0 Å². The number of nitrogens with two attached hydrogens (primary N) is 1. The average Bonchev–Trinajstić information content (AvgIpc) is 2.36. The van der Waals surface area contributed by atoms with Crippen LogP contribution in [0, 0.1) is 12.7 Å². The summed E-state index contributed by atoms with van der Waals surface area (Å²) in [6.45, 7) is 4.22. The van der Waals surface area contributed by atoms with E-state index < -0.39 is 0 Å². The molecule has 0 aliphatic heterocycles. The van der Waals surface area contributed by atoms with Gasteiger partial charge in [0.1, 0.15) is 0 Å². The summed E-state index contributed by atoms with van der Waals surface area (Å²) in [5, 5.41) is 3.16. The molecule has 0 bridgehead atoms. The molecule has 0 atom stereocenters. The van der Waals surface area contributed by atoms with Crippen LogP contribution in [0.5, 0.6) is 5.75 Å². The minimum absolute atomic E-state index is 0.266. The van der Waals surface area contributed by atoms with Crippen molar-refractivity contribution in [3.63, 3.8) is 0 Å². The largest absolute Gasteiger partial charge is 0.491 e. The molecule has 0 aliphatic carbocycles. The standard InChI is InChI=1S/C15H17FN2O/c1-3-19-15-7-5-12(9-13(15)16)18-14-6-4-11(17)8-10(14)2/h4-9,18H,3,17H2,1-2H3. The van der Waals surface area contributed by atoms with Crippen LogP contribution < -0.4 is 15.8 Å². The second-order valence-electron chi connectivity index (χ2n) is 4.28. The maximum absolute atomic E-state index is 13.7. The van der Waals surface area contributed by atoms with Gasteiger partial charge in [0, 0.05) is 23.1 Å². The zero-order chi connectivity index (χ0) is 13.8. The second-order valence-corrected chi connectivity index (χ2v) is 4.28. The van der Waals surface area contributed by atoms with Crippen molar-refractivity contribution in [1.82, 2.24) is 0 Å². The molecule has 0 heterocycles. The lowest BCUT2D eigenvalue weighted by atomic mass is 10.1. The van der Waals surface area contributed by atoms with Gasteiger partial charge in [0.05, 0.1) is 6.61 Å². The van der Waals surface area contributed by atoms with Crippen molar-refractivity contribution >= 4 is 17.1 Å². The summed E-state index contributed by atoms with van der Waals surface area (Å²) in [7, 11) is 0. The van der Waals surface area contributed by atoms with Crippen molar-refractivity contribution in [3.8, 4) is 5.75 Å². The van der Waals surface area contributed by atoms with E-state index in [4.69, 9.17) is 10.5 Å². The highest BCUT2D eigenvalue weighted by Crippen LogP contribution is 2.26. The first kappa shape index (κ1) is 13.2. The van der Waals surface area contributed by atoms with Gasteiger partial charge >= 0.3 is 0 Å². The molecule has 2 aromatic rings.